The molecule has 0 aliphatic carbocycles. The molecule has 10 nitrogen and oxygen atoms in total. The highest BCUT2D eigenvalue weighted by molar-refractivity contribution is 7.13. The molecule has 4 aromatic rings. The number of halogens is 2. The highest BCUT2D eigenvalue weighted by atomic mass is 32.1. The van der Waals surface area contributed by atoms with E-state index in [4.69, 9.17) is 14.2 Å². The summed E-state index contributed by atoms with van der Waals surface area (Å²) in [7, 11) is 3.58. The second kappa shape index (κ2) is 11.7. The maximum absolute atomic E-state index is 14.8. The molecule has 0 unspecified atom stereocenters. The Bertz CT molecular complexity index is 1570. The standard InChI is InChI=1S/C26H21F2N3O7S/c1-35-20-8-17(28)18(9-21(20)38-11-13-4-5-16(27)14-6-7-29-10-15(13)14)30-26(34)31-19-12-39-23(25(33)37-3)22(19)24(32)36-2/h4-10,12H,11H2,1-3H3,(H2,30,31,34). The monoisotopic (exact) mass is 557 g/mol. The van der Waals surface area contributed by atoms with Crippen LogP contribution in [0, 0.1) is 11.6 Å². The Labute approximate surface area is 224 Å². The molecule has 2 amide bonds. The van der Waals surface area contributed by atoms with Crippen LogP contribution >= 0.6 is 11.3 Å². The Balaban J connectivity index is 1.56. The second-order valence-corrected chi connectivity index (χ2v) is 8.69. The number of pyridine rings is 1. The molecule has 0 saturated carbocycles. The molecule has 2 aromatic heterocycles. The minimum Gasteiger partial charge on any atom is -0.493 e. The van der Waals surface area contributed by atoms with E-state index < -0.39 is 29.6 Å². The van der Waals surface area contributed by atoms with Gasteiger partial charge in [0.15, 0.2) is 17.3 Å². The Hall–Kier alpha value is -4.78. The number of benzene rings is 2. The van der Waals surface area contributed by atoms with Gasteiger partial charge in [-0.2, -0.15) is 0 Å². The maximum atomic E-state index is 14.8. The predicted octanol–water partition coefficient (Wildman–Crippen LogP) is 5.38. The number of anilines is 2. The number of hydrogen-bond donors (Lipinski definition) is 2. The van der Waals surface area contributed by atoms with Crippen molar-refractivity contribution in [2.75, 3.05) is 32.0 Å². The Morgan fingerprint density at radius 2 is 1.64 bits per heavy atom. The number of nitrogens with zero attached hydrogens (tertiary/aromatic N) is 1. The number of fused-ring (bicyclic) bond motifs is 1. The van der Waals surface area contributed by atoms with Crippen molar-refractivity contribution in [1.82, 2.24) is 4.98 Å². The molecular formula is C26H21F2N3O7S. The number of rotatable bonds is 8. The van der Waals surface area contributed by atoms with Crippen molar-refractivity contribution in [3.63, 3.8) is 0 Å². The molecule has 202 valence electrons. The van der Waals surface area contributed by atoms with E-state index in [-0.39, 0.29) is 39.9 Å². The van der Waals surface area contributed by atoms with Crippen LogP contribution in [0.5, 0.6) is 11.5 Å². The van der Waals surface area contributed by atoms with E-state index in [0.717, 1.165) is 31.6 Å². The molecule has 2 aromatic carbocycles. The van der Waals surface area contributed by atoms with Crippen LogP contribution in [-0.4, -0.2) is 44.3 Å². The molecule has 0 atom stereocenters. The van der Waals surface area contributed by atoms with E-state index in [1.54, 1.807) is 12.1 Å². The first-order valence-corrected chi connectivity index (χ1v) is 12.0. The van der Waals surface area contributed by atoms with Gasteiger partial charge in [-0.05, 0) is 17.7 Å². The van der Waals surface area contributed by atoms with Gasteiger partial charge in [0, 0.05) is 40.7 Å². The quantitative estimate of drug-likeness (QED) is 0.277. The van der Waals surface area contributed by atoms with Gasteiger partial charge in [-0.15, -0.1) is 11.3 Å². The lowest BCUT2D eigenvalue weighted by Crippen LogP contribution is -2.22. The largest absolute Gasteiger partial charge is 0.493 e. The number of esters is 2. The number of carbonyl (C=O) groups is 3. The fourth-order valence-electron chi connectivity index (χ4n) is 3.67. The molecule has 0 fully saturated rings. The lowest BCUT2D eigenvalue weighted by atomic mass is 10.1. The minimum absolute atomic E-state index is 0.0352. The second-order valence-electron chi connectivity index (χ2n) is 7.82. The lowest BCUT2D eigenvalue weighted by molar-refractivity contribution is 0.0561. The Morgan fingerprint density at radius 1 is 0.897 bits per heavy atom. The Kier molecular flexibility index (Phi) is 8.20. The Morgan fingerprint density at radius 3 is 2.36 bits per heavy atom. The van der Waals surface area contributed by atoms with Crippen molar-refractivity contribution in [2.45, 2.75) is 6.61 Å². The zero-order chi connectivity index (χ0) is 28.1. The number of thiophene rings is 1. The normalized spacial score (nSPS) is 10.6. The maximum Gasteiger partial charge on any atom is 0.349 e. The number of aromatic nitrogens is 1. The van der Waals surface area contributed by atoms with Gasteiger partial charge >= 0.3 is 18.0 Å². The van der Waals surface area contributed by atoms with Crippen molar-refractivity contribution in [1.29, 1.82) is 0 Å². The van der Waals surface area contributed by atoms with E-state index >= 15 is 0 Å². The summed E-state index contributed by atoms with van der Waals surface area (Å²) >= 11 is 0.861. The van der Waals surface area contributed by atoms with Crippen molar-refractivity contribution >= 4 is 51.5 Å². The van der Waals surface area contributed by atoms with Crippen LogP contribution in [0.1, 0.15) is 25.6 Å². The number of urea groups is 1. The summed E-state index contributed by atoms with van der Waals surface area (Å²) < 4.78 is 49.3. The van der Waals surface area contributed by atoms with Gasteiger partial charge in [0.2, 0.25) is 0 Å². The van der Waals surface area contributed by atoms with E-state index in [1.165, 1.54) is 37.0 Å². The highest BCUT2D eigenvalue weighted by Crippen LogP contribution is 2.35. The molecule has 0 aliphatic heterocycles. The van der Waals surface area contributed by atoms with Gasteiger partial charge < -0.3 is 29.6 Å². The van der Waals surface area contributed by atoms with Crippen LogP contribution in [0.4, 0.5) is 25.0 Å². The SMILES string of the molecule is COC(=O)c1scc(NC(=O)Nc2cc(OCc3ccc(F)c4ccncc34)c(OC)cc2F)c1C(=O)OC. The van der Waals surface area contributed by atoms with Crippen LogP contribution < -0.4 is 20.1 Å². The number of nitrogens with one attached hydrogen (secondary N) is 2. The number of ether oxygens (including phenoxy) is 4. The van der Waals surface area contributed by atoms with Gasteiger partial charge in [-0.1, -0.05) is 6.07 Å². The molecule has 0 aliphatic rings. The summed E-state index contributed by atoms with van der Waals surface area (Å²) in [6.45, 7) is -0.0379. The van der Waals surface area contributed by atoms with E-state index in [9.17, 15) is 23.2 Å². The first-order valence-electron chi connectivity index (χ1n) is 11.1. The molecule has 2 N–H and O–H groups in total. The van der Waals surface area contributed by atoms with Gasteiger partial charge in [-0.3, -0.25) is 4.98 Å². The third-order valence-corrected chi connectivity index (χ3v) is 6.50. The number of hydrogen-bond acceptors (Lipinski definition) is 9. The molecule has 0 saturated heterocycles. The highest BCUT2D eigenvalue weighted by Gasteiger charge is 2.26. The summed E-state index contributed by atoms with van der Waals surface area (Å²) in [5.74, 6) is -2.76. The molecule has 13 heteroatoms. The summed E-state index contributed by atoms with van der Waals surface area (Å²) in [5.41, 5.74) is 0.112. The third kappa shape index (κ3) is 5.72. The van der Waals surface area contributed by atoms with E-state index in [2.05, 4.69) is 20.4 Å². The van der Waals surface area contributed by atoms with Crippen molar-refractivity contribution in [3.05, 3.63) is 75.7 Å². The predicted molar refractivity (Wildman–Crippen MR) is 139 cm³/mol. The average molecular weight is 558 g/mol. The molecule has 4 rings (SSSR count). The molecule has 2 heterocycles. The molecule has 39 heavy (non-hydrogen) atoms. The van der Waals surface area contributed by atoms with Crippen molar-refractivity contribution < 1.29 is 42.1 Å². The average Bonchev–Trinajstić information content (AvgIpc) is 3.36. The molecule has 0 bridgehead atoms. The molecule has 0 spiro atoms. The number of methoxy groups -OCH3 is 3. The summed E-state index contributed by atoms with van der Waals surface area (Å²) in [5, 5.41) is 7.00. The lowest BCUT2D eigenvalue weighted by Gasteiger charge is -2.15. The van der Waals surface area contributed by atoms with Crippen molar-refractivity contribution in [2.24, 2.45) is 0 Å². The fourth-order valence-corrected chi connectivity index (χ4v) is 4.57. The number of carbonyl (C=O) groups excluding carboxylic acids is 3. The smallest absolute Gasteiger partial charge is 0.349 e. The van der Waals surface area contributed by atoms with E-state index in [1.807, 2.05) is 0 Å². The summed E-state index contributed by atoms with van der Waals surface area (Å²) in [6.07, 6.45) is 2.98. The first-order chi connectivity index (χ1) is 18.8. The van der Waals surface area contributed by atoms with Crippen LogP contribution in [0.2, 0.25) is 0 Å². The zero-order valence-corrected chi connectivity index (χ0v) is 21.6. The van der Waals surface area contributed by atoms with Crippen LogP contribution in [-0.2, 0) is 16.1 Å². The number of amides is 2. The zero-order valence-electron chi connectivity index (χ0n) is 20.8. The molecular weight excluding hydrogens is 536 g/mol. The van der Waals surface area contributed by atoms with Gasteiger partial charge in [0.1, 0.15) is 22.9 Å². The molecule has 0 radical (unpaired) electrons. The summed E-state index contributed by atoms with van der Waals surface area (Å²) in [6, 6.07) is 5.71. The first kappa shape index (κ1) is 27.3. The van der Waals surface area contributed by atoms with E-state index in [0.29, 0.717) is 16.3 Å². The minimum atomic E-state index is -0.917. The summed E-state index contributed by atoms with van der Waals surface area (Å²) in [4.78, 5) is 40.9. The van der Waals surface area contributed by atoms with Crippen LogP contribution in [0.3, 0.4) is 0 Å². The van der Waals surface area contributed by atoms with Gasteiger partial charge in [0.05, 0.1) is 32.7 Å². The van der Waals surface area contributed by atoms with Crippen LogP contribution in [0.15, 0.2) is 48.1 Å². The van der Waals surface area contributed by atoms with Crippen molar-refractivity contribution in [3.8, 4) is 11.5 Å². The van der Waals surface area contributed by atoms with Gasteiger partial charge in [-0.25, -0.2) is 23.2 Å². The topological polar surface area (TPSA) is 125 Å². The van der Waals surface area contributed by atoms with Crippen LogP contribution in [0.25, 0.3) is 10.8 Å². The third-order valence-electron chi connectivity index (χ3n) is 5.54. The van der Waals surface area contributed by atoms with Gasteiger partial charge in [0.25, 0.3) is 0 Å². The fraction of sp³-hybridized carbons (Fsp3) is 0.154.